The Balaban J connectivity index is 3.30. The molecule has 16 heavy (non-hydrogen) atoms. The Bertz CT molecular complexity index is 438. The molecule has 1 aromatic rings. The molecule has 0 unspecified atom stereocenters. The number of ether oxygens (including phenoxy) is 2. The second-order valence-electron chi connectivity index (χ2n) is 3.15. The number of nitrogens with zero attached hydrogens (tertiary/aromatic N) is 1. The van der Waals surface area contributed by atoms with Gasteiger partial charge in [0, 0.05) is 17.2 Å². The van der Waals surface area contributed by atoms with Gasteiger partial charge in [-0.15, -0.1) is 0 Å². The topological polar surface area (TPSA) is 42.2 Å². The fraction of sp³-hybridized carbons (Fsp3) is 0.250. The van der Waals surface area contributed by atoms with Crippen molar-refractivity contribution in [2.75, 3.05) is 14.2 Å². The van der Waals surface area contributed by atoms with E-state index in [9.17, 15) is 0 Å². The van der Waals surface area contributed by atoms with Crippen molar-refractivity contribution < 1.29 is 9.47 Å². The zero-order chi connectivity index (χ0) is 12.1. The Morgan fingerprint density at radius 2 is 1.69 bits per heavy atom. The van der Waals surface area contributed by atoms with Crippen molar-refractivity contribution >= 4 is 16.6 Å². The Hall–Kier alpha value is -1.66. The summed E-state index contributed by atoms with van der Waals surface area (Å²) in [6.45, 7) is 1.66. The van der Waals surface area contributed by atoms with E-state index in [-0.39, 0.29) is 0 Å². The van der Waals surface area contributed by atoms with Gasteiger partial charge in [-0.25, -0.2) is 0 Å². The molecule has 0 aliphatic carbocycles. The van der Waals surface area contributed by atoms with E-state index in [1.807, 2.05) is 6.07 Å². The van der Waals surface area contributed by atoms with Crippen LogP contribution in [0.4, 0.5) is 0 Å². The predicted octanol–water partition coefficient (Wildman–Crippen LogP) is 3.20. The number of nitriles is 1. The fourth-order valence-corrected chi connectivity index (χ4v) is 1.35. The van der Waals surface area contributed by atoms with Crippen LogP contribution in [0, 0.1) is 11.3 Å². The number of allylic oxidation sites excluding steroid dienone is 1. The molecule has 0 saturated carbocycles. The molecule has 0 aliphatic rings. The lowest BCUT2D eigenvalue weighted by atomic mass is 10.1. The zero-order valence-corrected chi connectivity index (χ0v) is 10.1. The predicted molar refractivity (Wildman–Crippen MR) is 63.6 cm³/mol. The highest BCUT2D eigenvalue weighted by Crippen LogP contribution is 2.30. The van der Waals surface area contributed by atoms with E-state index in [0.29, 0.717) is 27.7 Å². The van der Waals surface area contributed by atoms with Crippen molar-refractivity contribution in [2.45, 2.75) is 6.92 Å². The number of rotatable bonds is 3. The van der Waals surface area contributed by atoms with Crippen molar-refractivity contribution in [3.63, 3.8) is 0 Å². The monoisotopic (exact) mass is 237 g/mol. The summed E-state index contributed by atoms with van der Waals surface area (Å²) in [6.07, 6.45) is 0. The molecule has 0 saturated heterocycles. The molecule has 3 nitrogen and oxygen atoms in total. The van der Waals surface area contributed by atoms with E-state index in [0.717, 1.165) is 0 Å². The largest absolute Gasteiger partial charge is 0.497 e. The van der Waals surface area contributed by atoms with Crippen LogP contribution in [0.2, 0.25) is 0 Å². The van der Waals surface area contributed by atoms with Crippen molar-refractivity contribution in [2.24, 2.45) is 0 Å². The highest BCUT2D eigenvalue weighted by Gasteiger charge is 2.07. The summed E-state index contributed by atoms with van der Waals surface area (Å²) < 4.78 is 10.2. The number of benzene rings is 1. The van der Waals surface area contributed by atoms with Gasteiger partial charge < -0.3 is 9.47 Å². The molecule has 0 heterocycles. The Labute approximate surface area is 99.9 Å². The molecule has 0 atom stereocenters. The van der Waals surface area contributed by atoms with Crippen molar-refractivity contribution in [1.29, 1.82) is 5.26 Å². The van der Waals surface area contributed by atoms with Gasteiger partial charge in [-0.2, -0.15) is 5.26 Å². The highest BCUT2D eigenvalue weighted by atomic mass is 35.5. The molecule has 0 aromatic heterocycles. The smallest absolute Gasteiger partial charge is 0.123 e. The summed E-state index contributed by atoms with van der Waals surface area (Å²) in [5, 5.41) is 9.17. The minimum absolute atomic E-state index is 0.403. The zero-order valence-electron chi connectivity index (χ0n) is 9.37. The van der Waals surface area contributed by atoms with Crippen molar-refractivity contribution in [3.05, 3.63) is 29.3 Å². The van der Waals surface area contributed by atoms with Crippen LogP contribution >= 0.6 is 11.6 Å². The van der Waals surface area contributed by atoms with Gasteiger partial charge >= 0.3 is 0 Å². The van der Waals surface area contributed by atoms with E-state index in [1.54, 1.807) is 39.3 Å². The third-order valence-electron chi connectivity index (χ3n) is 2.10. The summed E-state index contributed by atoms with van der Waals surface area (Å²) in [6, 6.07) is 7.26. The first-order valence-electron chi connectivity index (χ1n) is 4.62. The van der Waals surface area contributed by atoms with E-state index in [2.05, 4.69) is 0 Å². The molecular weight excluding hydrogens is 226 g/mol. The summed E-state index contributed by atoms with van der Waals surface area (Å²) in [7, 11) is 3.13. The summed E-state index contributed by atoms with van der Waals surface area (Å²) in [5.41, 5.74) is 1.16. The van der Waals surface area contributed by atoms with Crippen LogP contribution in [0.5, 0.6) is 11.5 Å². The molecule has 1 rings (SSSR count). The minimum atomic E-state index is 0.403. The van der Waals surface area contributed by atoms with Crippen molar-refractivity contribution in [3.8, 4) is 17.6 Å². The van der Waals surface area contributed by atoms with Gasteiger partial charge in [-0.3, -0.25) is 0 Å². The second-order valence-corrected chi connectivity index (χ2v) is 3.53. The van der Waals surface area contributed by atoms with Crippen LogP contribution in [-0.2, 0) is 0 Å². The van der Waals surface area contributed by atoms with Crippen molar-refractivity contribution in [1.82, 2.24) is 0 Å². The van der Waals surface area contributed by atoms with Gasteiger partial charge in [0.2, 0.25) is 0 Å². The average molecular weight is 238 g/mol. The number of hydrogen-bond donors (Lipinski definition) is 0. The SMILES string of the molecule is COc1cc(OC)cc(C(Cl)=C(C)C#N)c1. The van der Waals surface area contributed by atoms with Gasteiger partial charge in [-0.1, -0.05) is 11.6 Å². The number of halogens is 1. The Kier molecular flexibility index (Phi) is 4.21. The molecule has 0 bridgehead atoms. The molecular formula is C12H12ClNO2. The lowest BCUT2D eigenvalue weighted by Gasteiger charge is -2.08. The molecule has 0 N–H and O–H groups in total. The normalized spacial score (nSPS) is 11.4. The first kappa shape index (κ1) is 12.4. The summed E-state index contributed by atoms with van der Waals surface area (Å²) in [4.78, 5) is 0. The molecule has 4 heteroatoms. The van der Waals surface area contributed by atoms with Crippen LogP contribution in [0.25, 0.3) is 5.03 Å². The third kappa shape index (κ3) is 2.68. The van der Waals surface area contributed by atoms with Gasteiger partial charge in [0.1, 0.15) is 11.5 Å². The third-order valence-corrected chi connectivity index (χ3v) is 2.60. The Morgan fingerprint density at radius 1 is 1.19 bits per heavy atom. The molecule has 0 radical (unpaired) electrons. The summed E-state index contributed by atoms with van der Waals surface area (Å²) >= 11 is 6.06. The molecule has 0 aliphatic heterocycles. The summed E-state index contributed by atoms with van der Waals surface area (Å²) in [5.74, 6) is 1.27. The van der Waals surface area contributed by atoms with E-state index in [4.69, 9.17) is 26.3 Å². The maximum Gasteiger partial charge on any atom is 0.123 e. The van der Waals surface area contributed by atoms with E-state index < -0.39 is 0 Å². The second kappa shape index (κ2) is 5.43. The Morgan fingerprint density at radius 3 is 2.06 bits per heavy atom. The van der Waals surface area contributed by atoms with Crippen LogP contribution in [0.3, 0.4) is 0 Å². The lowest BCUT2D eigenvalue weighted by Crippen LogP contribution is -1.90. The average Bonchev–Trinajstić information content (AvgIpc) is 2.35. The lowest BCUT2D eigenvalue weighted by molar-refractivity contribution is 0.394. The number of hydrogen-bond acceptors (Lipinski definition) is 3. The molecule has 1 aromatic carbocycles. The van der Waals surface area contributed by atoms with Gasteiger partial charge in [-0.05, 0) is 19.1 Å². The first-order chi connectivity index (χ1) is 7.62. The first-order valence-corrected chi connectivity index (χ1v) is 5.00. The molecule has 0 amide bonds. The standard InChI is InChI=1S/C12H12ClNO2/c1-8(7-14)12(13)9-4-10(15-2)6-11(5-9)16-3/h4-6H,1-3H3. The number of methoxy groups -OCH3 is 2. The van der Waals surface area contributed by atoms with Gasteiger partial charge in [0.05, 0.1) is 25.3 Å². The molecule has 0 fully saturated rings. The molecule has 84 valence electrons. The molecule has 0 spiro atoms. The highest BCUT2D eigenvalue weighted by molar-refractivity contribution is 6.49. The van der Waals surface area contributed by atoms with Gasteiger partial charge in [0.25, 0.3) is 0 Å². The fourth-order valence-electron chi connectivity index (χ4n) is 1.20. The quantitative estimate of drug-likeness (QED) is 0.759. The van der Waals surface area contributed by atoms with Gasteiger partial charge in [0.15, 0.2) is 0 Å². The van der Waals surface area contributed by atoms with Crippen LogP contribution < -0.4 is 9.47 Å². The van der Waals surface area contributed by atoms with Crippen LogP contribution in [0.15, 0.2) is 23.8 Å². The maximum atomic E-state index is 8.76. The maximum absolute atomic E-state index is 8.76. The minimum Gasteiger partial charge on any atom is -0.497 e. The van der Waals surface area contributed by atoms with E-state index >= 15 is 0 Å². The van der Waals surface area contributed by atoms with Crippen LogP contribution in [-0.4, -0.2) is 14.2 Å². The van der Waals surface area contributed by atoms with Crippen LogP contribution in [0.1, 0.15) is 12.5 Å². The van der Waals surface area contributed by atoms with E-state index in [1.165, 1.54) is 0 Å².